The number of aliphatic hydroxyl groups excluding tert-OH is 1. The first-order valence-electron chi connectivity index (χ1n) is 7.94. The molecule has 1 saturated heterocycles. The highest BCUT2D eigenvalue weighted by molar-refractivity contribution is 5.07. The molecule has 1 aromatic rings. The van der Waals surface area contributed by atoms with Gasteiger partial charge in [-0.3, -0.25) is 0 Å². The SMILES string of the molecule is CCc1cnc(OC[C@@H]2CCCN2C(O)OC(C)(C)C)nc1. The van der Waals surface area contributed by atoms with Gasteiger partial charge in [-0.1, -0.05) is 6.92 Å². The molecule has 2 heterocycles. The number of ether oxygens (including phenoxy) is 2. The van der Waals surface area contributed by atoms with Gasteiger partial charge in [0.25, 0.3) is 0 Å². The minimum Gasteiger partial charge on any atom is -0.462 e. The number of aromatic nitrogens is 2. The zero-order chi connectivity index (χ0) is 16.2. The maximum atomic E-state index is 10.2. The first-order valence-corrected chi connectivity index (χ1v) is 7.94. The Hall–Kier alpha value is -1.24. The normalized spacial score (nSPS) is 21.0. The lowest BCUT2D eigenvalue weighted by atomic mass is 10.2. The second-order valence-corrected chi connectivity index (χ2v) is 6.63. The predicted molar refractivity (Wildman–Crippen MR) is 83.5 cm³/mol. The van der Waals surface area contributed by atoms with Gasteiger partial charge in [-0.2, -0.15) is 0 Å². The molecule has 124 valence electrons. The number of hydrogen-bond donors (Lipinski definition) is 1. The topological polar surface area (TPSA) is 67.7 Å². The Bertz CT molecular complexity index is 459. The minimum atomic E-state index is -0.903. The highest BCUT2D eigenvalue weighted by Crippen LogP contribution is 2.23. The van der Waals surface area contributed by atoms with Gasteiger partial charge in [0.15, 0.2) is 0 Å². The second kappa shape index (κ2) is 7.35. The van der Waals surface area contributed by atoms with Crippen LogP contribution in [0.4, 0.5) is 0 Å². The third-order valence-electron chi connectivity index (χ3n) is 3.66. The molecule has 1 aromatic heterocycles. The molecule has 0 radical (unpaired) electrons. The molecule has 1 fully saturated rings. The Morgan fingerprint density at radius 1 is 1.36 bits per heavy atom. The van der Waals surface area contributed by atoms with Gasteiger partial charge in [0.1, 0.15) is 6.61 Å². The number of aliphatic hydroxyl groups is 1. The molecule has 0 aromatic carbocycles. The summed E-state index contributed by atoms with van der Waals surface area (Å²) in [6.07, 6.45) is 5.57. The van der Waals surface area contributed by atoms with E-state index in [1.165, 1.54) is 0 Å². The van der Waals surface area contributed by atoms with E-state index in [1.54, 1.807) is 12.4 Å². The van der Waals surface area contributed by atoms with Gasteiger partial charge in [-0.25, -0.2) is 14.9 Å². The van der Waals surface area contributed by atoms with Gasteiger partial charge < -0.3 is 14.6 Å². The summed E-state index contributed by atoms with van der Waals surface area (Å²) in [5, 5.41) is 10.2. The van der Waals surface area contributed by atoms with Crippen molar-refractivity contribution < 1.29 is 14.6 Å². The molecule has 6 nitrogen and oxygen atoms in total. The highest BCUT2D eigenvalue weighted by atomic mass is 16.6. The van der Waals surface area contributed by atoms with Crippen molar-refractivity contribution in [3.05, 3.63) is 18.0 Å². The van der Waals surface area contributed by atoms with Crippen molar-refractivity contribution in [3.8, 4) is 6.01 Å². The van der Waals surface area contributed by atoms with Crippen molar-refractivity contribution in [2.24, 2.45) is 0 Å². The van der Waals surface area contributed by atoms with Gasteiger partial charge in [-0.05, 0) is 45.6 Å². The fraction of sp³-hybridized carbons (Fsp3) is 0.750. The molecule has 1 aliphatic heterocycles. The quantitative estimate of drug-likeness (QED) is 0.810. The summed E-state index contributed by atoms with van der Waals surface area (Å²) < 4.78 is 11.3. The van der Waals surface area contributed by atoms with Crippen LogP contribution in [0.1, 0.15) is 46.1 Å². The molecule has 0 bridgehead atoms. The Kier molecular flexibility index (Phi) is 5.72. The van der Waals surface area contributed by atoms with E-state index in [-0.39, 0.29) is 11.6 Å². The first kappa shape index (κ1) is 17.1. The standard InChI is InChI=1S/C16H27N3O3/c1-5-12-9-17-14(18-10-12)21-11-13-7-6-8-19(13)15(20)22-16(2,3)4/h9-10,13,15,20H,5-8,11H2,1-4H3/t13-,15?/m0/s1. The molecule has 0 amide bonds. The third-order valence-corrected chi connectivity index (χ3v) is 3.66. The number of hydrogen-bond acceptors (Lipinski definition) is 6. The van der Waals surface area contributed by atoms with E-state index in [0.29, 0.717) is 12.6 Å². The van der Waals surface area contributed by atoms with E-state index >= 15 is 0 Å². The van der Waals surface area contributed by atoms with Gasteiger partial charge >= 0.3 is 6.01 Å². The molecular weight excluding hydrogens is 282 g/mol. The summed E-state index contributed by atoms with van der Waals surface area (Å²) >= 11 is 0. The zero-order valence-electron chi connectivity index (χ0n) is 14.0. The van der Waals surface area contributed by atoms with Crippen molar-refractivity contribution in [3.63, 3.8) is 0 Å². The molecule has 2 atom stereocenters. The third kappa shape index (κ3) is 4.90. The van der Waals surface area contributed by atoms with Crippen molar-refractivity contribution in [1.29, 1.82) is 0 Å². The zero-order valence-corrected chi connectivity index (χ0v) is 14.0. The molecule has 0 spiro atoms. The van der Waals surface area contributed by atoms with Crippen LogP contribution in [0.2, 0.25) is 0 Å². The van der Waals surface area contributed by atoms with Gasteiger partial charge in [-0.15, -0.1) is 0 Å². The number of rotatable bonds is 6. The van der Waals surface area contributed by atoms with E-state index < -0.39 is 6.41 Å². The second-order valence-electron chi connectivity index (χ2n) is 6.63. The van der Waals surface area contributed by atoms with Gasteiger partial charge in [0.05, 0.1) is 5.60 Å². The van der Waals surface area contributed by atoms with Crippen LogP contribution in [-0.2, 0) is 11.2 Å². The highest BCUT2D eigenvalue weighted by Gasteiger charge is 2.33. The lowest BCUT2D eigenvalue weighted by molar-refractivity contribution is -0.243. The van der Waals surface area contributed by atoms with E-state index in [1.807, 2.05) is 25.7 Å². The summed E-state index contributed by atoms with van der Waals surface area (Å²) in [6.45, 7) is 9.12. The van der Waals surface area contributed by atoms with Crippen LogP contribution in [0.15, 0.2) is 12.4 Å². The van der Waals surface area contributed by atoms with E-state index in [0.717, 1.165) is 31.4 Å². The Balaban J connectivity index is 1.87. The molecule has 1 unspecified atom stereocenters. The van der Waals surface area contributed by atoms with Crippen molar-refractivity contribution in [2.45, 2.75) is 65.0 Å². The monoisotopic (exact) mass is 309 g/mol. The van der Waals surface area contributed by atoms with Crippen molar-refractivity contribution >= 4 is 0 Å². The van der Waals surface area contributed by atoms with Crippen LogP contribution >= 0.6 is 0 Å². The Labute approximate surface area is 132 Å². The fourth-order valence-corrected chi connectivity index (χ4v) is 2.48. The predicted octanol–water partition coefficient (Wildman–Crippen LogP) is 1.97. The van der Waals surface area contributed by atoms with Crippen LogP contribution in [0.25, 0.3) is 0 Å². The average Bonchev–Trinajstić information content (AvgIpc) is 2.92. The lowest BCUT2D eigenvalue weighted by Gasteiger charge is -2.33. The van der Waals surface area contributed by atoms with Crippen LogP contribution < -0.4 is 4.74 Å². The molecule has 0 aliphatic carbocycles. The van der Waals surface area contributed by atoms with Gasteiger partial charge in [0.2, 0.25) is 6.41 Å². The molecule has 6 heteroatoms. The summed E-state index contributed by atoms with van der Waals surface area (Å²) in [7, 11) is 0. The molecular formula is C16H27N3O3. The van der Waals surface area contributed by atoms with Crippen LogP contribution in [0, 0.1) is 0 Å². The maximum absolute atomic E-state index is 10.2. The average molecular weight is 309 g/mol. The van der Waals surface area contributed by atoms with Crippen LogP contribution in [0.5, 0.6) is 6.01 Å². The summed E-state index contributed by atoms with van der Waals surface area (Å²) in [5.41, 5.74) is 0.704. The minimum absolute atomic E-state index is 0.117. The van der Waals surface area contributed by atoms with E-state index in [2.05, 4.69) is 16.9 Å². The summed E-state index contributed by atoms with van der Waals surface area (Å²) in [4.78, 5) is 10.3. The molecule has 1 aliphatic rings. The fourth-order valence-electron chi connectivity index (χ4n) is 2.48. The lowest BCUT2D eigenvalue weighted by Crippen LogP contribution is -2.46. The van der Waals surface area contributed by atoms with E-state index in [4.69, 9.17) is 9.47 Å². The largest absolute Gasteiger partial charge is 0.462 e. The number of likely N-dealkylation sites (tertiary alicyclic amines) is 1. The number of nitrogens with zero attached hydrogens (tertiary/aromatic N) is 3. The molecule has 0 saturated carbocycles. The first-order chi connectivity index (χ1) is 10.4. The van der Waals surface area contributed by atoms with E-state index in [9.17, 15) is 5.11 Å². The van der Waals surface area contributed by atoms with Gasteiger partial charge in [0, 0.05) is 25.0 Å². The Morgan fingerprint density at radius 3 is 2.64 bits per heavy atom. The smallest absolute Gasteiger partial charge is 0.316 e. The molecule has 1 N–H and O–H groups in total. The van der Waals surface area contributed by atoms with Crippen molar-refractivity contribution in [2.75, 3.05) is 13.2 Å². The summed E-state index contributed by atoms with van der Waals surface area (Å²) in [6, 6.07) is 0.502. The molecule has 22 heavy (non-hydrogen) atoms. The Morgan fingerprint density at radius 2 is 2.05 bits per heavy atom. The molecule has 2 rings (SSSR count). The van der Waals surface area contributed by atoms with Crippen molar-refractivity contribution in [1.82, 2.24) is 14.9 Å². The van der Waals surface area contributed by atoms with Crippen LogP contribution in [0.3, 0.4) is 0 Å². The summed E-state index contributed by atoms with van der Waals surface area (Å²) in [5.74, 6) is 0. The van der Waals surface area contributed by atoms with Crippen LogP contribution in [-0.4, -0.2) is 51.2 Å². The number of aryl methyl sites for hydroxylation is 1. The maximum Gasteiger partial charge on any atom is 0.316 e.